The number of hydrogen-bond acceptors (Lipinski definition) is 3. The molecule has 0 bridgehead atoms. The largest absolute Gasteiger partial charge is 0.392 e. The first-order valence-electron chi connectivity index (χ1n) is 5.41. The first kappa shape index (κ1) is 9.44. The minimum atomic E-state index is -0.213. The number of likely N-dealkylation sites (tertiary alicyclic amines) is 1. The summed E-state index contributed by atoms with van der Waals surface area (Å²) in [6, 6.07) is 1.52. The van der Waals surface area contributed by atoms with Crippen LogP contribution in [0.4, 0.5) is 0 Å². The fraction of sp³-hybridized carbons (Fsp3) is 1.00. The summed E-state index contributed by atoms with van der Waals surface area (Å²) in [6.07, 6.45) is 3.85. The standard InChI is InChI=1S/C10H20N2O/c1-8(13)6-11-9-4-5-12(7-9)10-2-3-10/h8-11,13H,2-7H2,1H3. The Bertz CT molecular complexity index is 168. The molecule has 1 aliphatic carbocycles. The van der Waals surface area contributed by atoms with Gasteiger partial charge in [0.05, 0.1) is 6.10 Å². The second-order valence-electron chi connectivity index (χ2n) is 4.47. The van der Waals surface area contributed by atoms with Crippen molar-refractivity contribution in [2.45, 2.75) is 44.4 Å². The van der Waals surface area contributed by atoms with Gasteiger partial charge >= 0.3 is 0 Å². The van der Waals surface area contributed by atoms with E-state index in [9.17, 15) is 0 Å². The zero-order valence-corrected chi connectivity index (χ0v) is 8.37. The van der Waals surface area contributed by atoms with Gasteiger partial charge in [-0.3, -0.25) is 4.90 Å². The Hall–Kier alpha value is -0.120. The van der Waals surface area contributed by atoms with Crippen molar-refractivity contribution in [3.8, 4) is 0 Å². The van der Waals surface area contributed by atoms with Crippen molar-refractivity contribution in [3.63, 3.8) is 0 Å². The fourth-order valence-corrected chi connectivity index (χ4v) is 2.06. The van der Waals surface area contributed by atoms with E-state index in [1.165, 1.54) is 32.4 Å². The van der Waals surface area contributed by atoms with Crippen LogP contribution in [0.5, 0.6) is 0 Å². The van der Waals surface area contributed by atoms with Gasteiger partial charge in [0, 0.05) is 31.7 Å². The van der Waals surface area contributed by atoms with Crippen molar-refractivity contribution in [1.82, 2.24) is 10.2 Å². The number of nitrogens with zero attached hydrogens (tertiary/aromatic N) is 1. The summed E-state index contributed by atoms with van der Waals surface area (Å²) >= 11 is 0. The summed E-state index contributed by atoms with van der Waals surface area (Å²) in [7, 11) is 0. The average Bonchev–Trinajstić information content (AvgIpc) is 2.83. The van der Waals surface area contributed by atoms with Crippen LogP contribution >= 0.6 is 0 Å². The highest BCUT2D eigenvalue weighted by Crippen LogP contribution is 2.29. The van der Waals surface area contributed by atoms with Crippen LogP contribution in [0.15, 0.2) is 0 Å². The molecule has 0 aromatic carbocycles. The van der Waals surface area contributed by atoms with Crippen molar-refractivity contribution in [1.29, 1.82) is 0 Å². The molecule has 3 heteroatoms. The Morgan fingerprint density at radius 2 is 2.23 bits per heavy atom. The first-order chi connectivity index (χ1) is 6.25. The Labute approximate surface area is 80.1 Å². The highest BCUT2D eigenvalue weighted by atomic mass is 16.3. The Balaban J connectivity index is 1.65. The zero-order chi connectivity index (χ0) is 9.26. The van der Waals surface area contributed by atoms with Crippen molar-refractivity contribution in [3.05, 3.63) is 0 Å². The molecule has 3 nitrogen and oxygen atoms in total. The molecule has 1 heterocycles. The molecule has 0 aromatic rings. The molecule has 0 radical (unpaired) electrons. The SMILES string of the molecule is CC(O)CNC1CCN(C2CC2)C1. The van der Waals surface area contributed by atoms with Crippen LogP contribution in [0.2, 0.25) is 0 Å². The third kappa shape index (κ3) is 2.66. The number of hydrogen-bond donors (Lipinski definition) is 2. The summed E-state index contributed by atoms with van der Waals surface area (Å²) < 4.78 is 0. The molecule has 76 valence electrons. The third-order valence-corrected chi connectivity index (χ3v) is 2.98. The van der Waals surface area contributed by atoms with E-state index < -0.39 is 0 Å². The number of nitrogens with one attached hydrogen (secondary N) is 1. The Morgan fingerprint density at radius 1 is 1.46 bits per heavy atom. The van der Waals surface area contributed by atoms with E-state index in [-0.39, 0.29) is 6.10 Å². The predicted molar refractivity (Wildman–Crippen MR) is 52.7 cm³/mol. The minimum absolute atomic E-state index is 0.213. The van der Waals surface area contributed by atoms with Gasteiger partial charge < -0.3 is 10.4 Å². The van der Waals surface area contributed by atoms with E-state index >= 15 is 0 Å². The van der Waals surface area contributed by atoms with Crippen molar-refractivity contribution < 1.29 is 5.11 Å². The maximum absolute atomic E-state index is 9.12. The van der Waals surface area contributed by atoms with Crippen molar-refractivity contribution >= 4 is 0 Å². The zero-order valence-electron chi connectivity index (χ0n) is 8.37. The lowest BCUT2D eigenvalue weighted by Crippen LogP contribution is -2.37. The van der Waals surface area contributed by atoms with Crippen LogP contribution in [-0.4, -0.2) is 47.8 Å². The van der Waals surface area contributed by atoms with Gasteiger partial charge in [0.1, 0.15) is 0 Å². The van der Waals surface area contributed by atoms with E-state index in [0.29, 0.717) is 6.04 Å². The maximum Gasteiger partial charge on any atom is 0.0636 e. The van der Waals surface area contributed by atoms with Crippen LogP contribution < -0.4 is 5.32 Å². The molecule has 13 heavy (non-hydrogen) atoms. The quantitative estimate of drug-likeness (QED) is 0.655. The molecule has 2 atom stereocenters. The van der Waals surface area contributed by atoms with Gasteiger partial charge in [-0.1, -0.05) is 0 Å². The molecule has 2 rings (SSSR count). The molecular formula is C10H20N2O. The smallest absolute Gasteiger partial charge is 0.0636 e. The summed E-state index contributed by atoms with van der Waals surface area (Å²) in [5.41, 5.74) is 0. The molecule has 2 N–H and O–H groups in total. The van der Waals surface area contributed by atoms with Gasteiger partial charge in [0.25, 0.3) is 0 Å². The van der Waals surface area contributed by atoms with Crippen molar-refractivity contribution in [2.24, 2.45) is 0 Å². The molecule has 0 spiro atoms. The molecular weight excluding hydrogens is 164 g/mol. The van der Waals surface area contributed by atoms with E-state index in [1.54, 1.807) is 0 Å². The van der Waals surface area contributed by atoms with E-state index in [0.717, 1.165) is 12.6 Å². The van der Waals surface area contributed by atoms with Gasteiger partial charge in [0.2, 0.25) is 0 Å². The van der Waals surface area contributed by atoms with E-state index in [1.807, 2.05) is 6.92 Å². The topological polar surface area (TPSA) is 35.5 Å². The highest BCUT2D eigenvalue weighted by Gasteiger charge is 2.33. The summed E-state index contributed by atoms with van der Waals surface area (Å²) in [4.78, 5) is 2.58. The van der Waals surface area contributed by atoms with Gasteiger partial charge in [-0.15, -0.1) is 0 Å². The second kappa shape index (κ2) is 3.95. The van der Waals surface area contributed by atoms with Crippen LogP contribution in [0.3, 0.4) is 0 Å². The fourth-order valence-electron chi connectivity index (χ4n) is 2.06. The second-order valence-corrected chi connectivity index (χ2v) is 4.47. The molecule has 2 unspecified atom stereocenters. The van der Waals surface area contributed by atoms with Gasteiger partial charge in [-0.2, -0.15) is 0 Å². The average molecular weight is 184 g/mol. The lowest BCUT2D eigenvalue weighted by molar-refractivity contribution is 0.185. The van der Waals surface area contributed by atoms with Gasteiger partial charge in [0.15, 0.2) is 0 Å². The van der Waals surface area contributed by atoms with E-state index in [2.05, 4.69) is 10.2 Å². The number of aliphatic hydroxyl groups excluding tert-OH is 1. The lowest BCUT2D eigenvalue weighted by atomic mass is 10.2. The number of aliphatic hydroxyl groups is 1. The molecule has 0 aromatic heterocycles. The predicted octanol–water partition coefficient (Wildman–Crippen LogP) is 0.193. The van der Waals surface area contributed by atoms with Crippen molar-refractivity contribution in [2.75, 3.05) is 19.6 Å². The summed E-state index contributed by atoms with van der Waals surface area (Å²) in [5.74, 6) is 0. The maximum atomic E-state index is 9.12. The van der Waals surface area contributed by atoms with Crippen LogP contribution in [0, 0.1) is 0 Å². The normalized spacial score (nSPS) is 32.3. The monoisotopic (exact) mass is 184 g/mol. The van der Waals surface area contributed by atoms with E-state index in [4.69, 9.17) is 5.11 Å². The Kier molecular flexibility index (Phi) is 2.86. The molecule has 2 aliphatic rings. The van der Waals surface area contributed by atoms with Gasteiger partial charge in [-0.05, 0) is 26.2 Å². The minimum Gasteiger partial charge on any atom is -0.392 e. The molecule has 2 fully saturated rings. The summed E-state index contributed by atoms with van der Waals surface area (Å²) in [6.45, 7) is 5.02. The lowest BCUT2D eigenvalue weighted by Gasteiger charge is -2.16. The molecule has 1 saturated carbocycles. The van der Waals surface area contributed by atoms with Crippen LogP contribution in [-0.2, 0) is 0 Å². The molecule has 1 aliphatic heterocycles. The Morgan fingerprint density at radius 3 is 2.85 bits per heavy atom. The van der Waals surface area contributed by atoms with Gasteiger partial charge in [-0.25, -0.2) is 0 Å². The molecule has 1 saturated heterocycles. The third-order valence-electron chi connectivity index (χ3n) is 2.98. The highest BCUT2D eigenvalue weighted by molar-refractivity contribution is 4.91. The van der Waals surface area contributed by atoms with Crippen LogP contribution in [0.1, 0.15) is 26.2 Å². The number of rotatable bonds is 4. The molecule has 0 amide bonds. The van der Waals surface area contributed by atoms with Crippen LogP contribution in [0.25, 0.3) is 0 Å². The summed E-state index contributed by atoms with van der Waals surface area (Å²) in [5, 5.41) is 12.5. The first-order valence-corrected chi connectivity index (χ1v) is 5.41.